The number of nitrogens with one attached hydrogen (secondary N) is 1. The summed E-state index contributed by atoms with van der Waals surface area (Å²) in [5.74, 6) is -0.511. The number of ketones is 1. The molecule has 0 aliphatic carbocycles. The monoisotopic (exact) mass is 276 g/mol. The highest BCUT2D eigenvalue weighted by atomic mass is 16.6. The van der Waals surface area contributed by atoms with E-state index in [0.29, 0.717) is 18.4 Å². The van der Waals surface area contributed by atoms with Gasteiger partial charge in [0.1, 0.15) is 0 Å². The molecular formula is C13H12N2O5. The van der Waals surface area contributed by atoms with Gasteiger partial charge in [-0.25, -0.2) is 0 Å². The van der Waals surface area contributed by atoms with Crippen molar-refractivity contribution >= 4 is 23.8 Å². The van der Waals surface area contributed by atoms with Gasteiger partial charge >= 0.3 is 0 Å². The highest BCUT2D eigenvalue weighted by Crippen LogP contribution is 2.15. The molecule has 1 fully saturated rings. The van der Waals surface area contributed by atoms with Crippen molar-refractivity contribution in [2.24, 2.45) is 0 Å². The van der Waals surface area contributed by atoms with E-state index in [2.05, 4.69) is 5.32 Å². The molecule has 0 aromatic heterocycles. The minimum atomic E-state index is -1.60. The van der Waals surface area contributed by atoms with Gasteiger partial charge in [0.25, 0.3) is 5.69 Å². The molecule has 1 unspecified atom stereocenters. The average molecular weight is 276 g/mol. The molecule has 1 heterocycles. The summed E-state index contributed by atoms with van der Waals surface area (Å²) in [6, 6.07) is 5.70. The van der Waals surface area contributed by atoms with E-state index in [4.69, 9.17) is 4.74 Å². The smallest absolute Gasteiger partial charge is 0.269 e. The van der Waals surface area contributed by atoms with Crippen LogP contribution in [0.5, 0.6) is 0 Å². The normalized spacial score (nSPS) is 22.0. The lowest BCUT2D eigenvalue weighted by molar-refractivity contribution is -0.384. The zero-order valence-corrected chi connectivity index (χ0v) is 10.4. The number of hydrogen-bond acceptors (Lipinski definition) is 6. The summed E-state index contributed by atoms with van der Waals surface area (Å²) in [5.41, 5.74) is -1.02. The summed E-state index contributed by atoms with van der Waals surface area (Å²) in [5, 5.41) is 13.2. The van der Waals surface area contributed by atoms with Crippen molar-refractivity contribution < 1.29 is 19.2 Å². The Morgan fingerprint density at radius 2 is 2.10 bits per heavy atom. The van der Waals surface area contributed by atoms with Gasteiger partial charge < -0.3 is 4.74 Å². The Labute approximate surface area is 114 Å². The highest BCUT2D eigenvalue weighted by molar-refractivity contribution is 6.09. The van der Waals surface area contributed by atoms with E-state index in [1.165, 1.54) is 36.4 Å². The molecule has 0 spiro atoms. The lowest BCUT2D eigenvalue weighted by Crippen LogP contribution is -2.49. The van der Waals surface area contributed by atoms with Crippen LogP contribution in [-0.4, -0.2) is 35.9 Å². The minimum absolute atomic E-state index is 0.0290. The summed E-state index contributed by atoms with van der Waals surface area (Å²) in [7, 11) is 0. The van der Waals surface area contributed by atoms with E-state index in [9.17, 15) is 19.7 Å². The van der Waals surface area contributed by atoms with Gasteiger partial charge in [0.15, 0.2) is 6.29 Å². The van der Waals surface area contributed by atoms with Gasteiger partial charge in [0.05, 0.1) is 11.5 Å². The Morgan fingerprint density at radius 1 is 1.40 bits per heavy atom. The lowest BCUT2D eigenvalue weighted by Gasteiger charge is -2.17. The molecule has 1 aromatic rings. The van der Waals surface area contributed by atoms with Crippen LogP contribution in [0.2, 0.25) is 0 Å². The van der Waals surface area contributed by atoms with Crippen molar-refractivity contribution in [3.8, 4) is 0 Å². The number of ether oxygens (including phenoxy) is 1. The van der Waals surface area contributed by atoms with Gasteiger partial charge in [0, 0.05) is 18.7 Å². The van der Waals surface area contributed by atoms with Crippen LogP contribution in [-0.2, 0) is 14.3 Å². The van der Waals surface area contributed by atoms with Crippen molar-refractivity contribution in [3.05, 3.63) is 46.0 Å². The zero-order chi connectivity index (χ0) is 14.6. The second-order valence-corrected chi connectivity index (χ2v) is 4.17. The maximum Gasteiger partial charge on any atom is 0.269 e. The van der Waals surface area contributed by atoms with Crippen LogP contribution in [0.25, 0.3) is 6.08 Å². The first-order chi connectivity index (χ1) is 9.57. The van der Waals surface area contributed by atoms with E-state index in [1.54, 1.807) is 0 Å². The number of hydrogen-bond donors (Lipinski definition) is 1. The van der Waals surface area contributed by atoms with Gasteiger partial charge in [-0.15, -0.1) is 0 Å². The summed E-state index contributed by atoms with van der Waals surface area (Å²) in [4.78, 5) is 32.9. The van der Waals surface area contributed by atoms with Crippen molar-refractivity contribution in [2.75, 3.05) is 13.2 Å². The Kier molecular flexibility index (Phi) is 4.02. The summed E-state index contributed by atoms with van der Waals surface area (Å²) < 4.78 is 5.12. The molecule has 0 saturated carbocycles. The minimum Gasteiger partial charge on any atom is -0.346 e. The number of benzene rings is 1. The number of aldehydes is 1. The predicted molar refractivity (Wildman–Crippen MR) is 69.9 cm³/mol. The summed E-state index contributed by atoms with van der Waals surface area (Å²) >= 11 is 0. The molecule has 1 aliphatic rings. The van der Waals surface area contributed by atoms with E-state index in [1.807, 2.05) is 0 Å². The predicted octanol–water partition coefficient (Wildman–Crippen LogP) is 0.692. The quantitative estimate of drug-likeness (QED) is 0.279. The fourth-order valence-corrected chi connectivity index (χ4v) is 1.79. The Balaban J connectivity index is 2.10. The van der Waals surface area contributed by atoms with Crippen LogP contribution >= 0.6 is 0 Å². The number of nitrogens with zero attached hydrogens (tertiary/aromatic N) is 1. The topological polar surface area (TPSA) is 98.5 Å². The number of carbonyl (C=O) groups excluding carboxylic acids is 2. The largest absolute Gasteiger partial charge is 0.346 e. The third kappa shape index (κ3) is 2.79. The van der Waals surface area contributed by atoms with Crippen molar-refractivity contribution in [1.29, 1.82) is 0 Å². The molecular weight excluding hydrogens is 264 g/mol. The van der Waals surface area contributed by atoms with Crippen molar-refractivity contribution in [3.63, 3.8) is 0 Å². The van der Waals surface area contributed by atoms with Crippen LogP contribution in [0.1, 0.15) is 5.56 Å². The number of carbonyl (C=O) groups is 2. The molecule has 1 saturated heterocycles. The first kappa shape index (κ1) is 14.0. The van der Waals surface area contributed by atoms with Crippen molar-refractivity contribution in [1.82, 2.24) is 5.32 Å². The van der Waals surface area contributed by atoms with Gasteiger partial charge in [0.2, 0.25) is 11.5 Å². The highest BCUT2D eigenvalue weighted by Gasteiger charge is 2.40. The van der Waals surface area contributed by atoms with E-state index < -0.39 is 16.4 Å². The Morgan fingerprint density at radius 3 is 2.60 bits per heavy atom. The van der Waals surface area contributed by atoms with Gasteiger partial charge in [-0.3, -0.25) is 25.0 Å². The number of non-ortho nitro benzene ring substituents is 1. The fourth-order valence-electron chi connectivity index (χ4n) is 1.79. The van der Waals surface area contributed by atoms with Crippen LogP contribution < -0.4 is 5.32 Å². The second kappa shape index (κ2) is 5.72. The van der Waals surface area contributed by atoms with Crippen LogP contribution in [0, 0.1) is 10.1 Å². The number of nitro benzene ring substituents is 1. The SMILES string of the molecule is O=CC1(C(=O)C=Cc2ccc([N+](=O)[O-])cc2)NCCO1. The molecule has 0 amide bonds. The van der Waals surface area contributed by atoms with Gasteiger partial charge in [-0.2, -0.15) is 0 Å². The van der Waals surface area contributed by atoms with Crippen LogP contribution in [0.4, 0.5) is 5.69 Å². The van der Waals surface area contributed by atoms with Crippen LogP contribution in [0.15, 0.2) is 30.3 Å². The van der Waals surface area contributed by atoms with Crippen LogP contribution in [0.3, 0.4) is 0 Å². The maximum absolute atomic E-state index is 11.9. The van der Waals surface area contributed by atoms with Gasteiger partial charge in [-0.1, -0.05) is 6.08 Å². The molecule has 0 bridgehead atoms. The van der Waals surface area contributed by atoms with E-state index >= 15 is 0 Å². The first-order valence-electron chi connectivity index (χ1n) is 5.90. The molecule has 20 heavy (non-hydrogen) atoms. The fraction of sp³-hybridized carbons (Fsp3) is 0.231. The lowest BCUT2D eigenvalue weighted by atomic mass is 10.1. The molecule has 104 valence electrons. The number of nitro groups is 1. The molecule has 1 N–H and O–H groups in total. The first-order valence-corrected chi connectivity index (χ1v) is 5.90. The van der Waals surface area contributed by atoms with E-state index in [-0.39, 0.29) is 12.3 Å². The third-order valence-electron chi connectivity index (χ3n) is 2.88. The molecule has 2 rings (SSSR count). The Bertz CT molecular complexity index is 559. The molecule has 1 aliphatic heterocycles. The van der Waals surface area contributed by atoms with E-state index in [0.717, 1.165) is 0 Å². The Hall–Kier alpha value is -2.38. The molecule has 1 atom stereocenters. The van der Waals surface area contributed by atoms with Gasteiger partial charge in [-0.05, 0) is 23.8 Å². The molecule has 7 heteroatoms. The molecule has 7 nitrogen and oxygen atoms in total. The molecule has 0 radical (unpaired) electrons. The maximum atomic E-state index is 11.9. The van der Waals surface area contributed by atoms with Crippen molar-refractivity contribution in [2.45, 2.75) is 5.72 Å². The summed E-state index contributed by atoms with van der Waals surface area (Å²) in [6.45, 7) is 0.714. The third-order valence-corrected chi connectivity index (χ3v) is 2.88. The zero-order valence-electron chi connectivity index (χ0n) is 10.4. The number of rotatable bonds is 5. The summed E-state index contributed by atoms with van der Waals surface area (Å²) in [6.07, 6.45) is 3.12. The second-order valence-electron chi connectivity index (χ2n) is 4.17. The average Bonchev–Trinajstić information content (AvgIpc) is 2.95. The molecule has 1 aromatic carbocycles. The standard InChI is InChI=1S/C13H12N2O5/c16-9-13(14-7-8-20-13)12(17)6-3-10-1-4-11(5-2-10)15(18)19/h1-6,9,14H,7-8H2.